The van der Waals surface area contributed by atoms with Gasteiger partial charge in [0.15, 0.2) is 0 Å². The Morgan fingerprint density at radius 2 is 2.09 bits per heavy atom. The molecule has 2 N–H and O–H groups in total. The summed E-state index contributed by atoms with van der Waals surface area (Å²) in [5.74, 6) is -0.335. The number of likely N-dealkylation sites (tertiary alicyclic amines) is 1. The lowest BCUT2D eigenvalue weighted by atomic mass is 9.87. The fourth-order valence-corrected chi connectivity index (χ4v) is 2.99. The van der Waals surface area contributed by atoms with Crippen molar-refractivity contribution in [2.24, 2.45) is 0 Å². The first-order valence-electron chi connectivity index (χ1n) is 8.02. The first kappa shape index (κ1) is 17.2. The lowest BCUT2D eigenvalue weighted by molar-refractivity contribution is -0.132. The summed E-state index contributed by atoms with van der Waals surface area (Å²) in [6, 6.07) is 1.33. The number of unbranched alkanes of at least 4 members (excludes halogenated alkanes) is 1. The molecule has 0 bridgehead atoms. The minimum Gasteiger partial charge on any atom is -0.355 e. The number of nitriles is 1. The van der Waals surface area contributed by atoms with Crippen molar-refractivity contribution in [1.82, 2.24) is 20.4 Å². The molecule has 2 fully saturated rings. The van der Waals surface area contributed by atoms with Crippen molar-refractivity contribution in [1.29, 1.82) is 5.26 Å². The Morgan fingerprint density at radius 1 is 1.39 bits per heavy atom. The van der Waals surface area contributed by atoms with Gasteiger partial charge in [-0.05, 0) is 19.3 Å². The van der Waals surface area contributed by atoms with Crippen LogP contribution in [0.5, 0.6) is 0 Å². The quantitative estimate of drug-likeness (QED) is 0.401. The van der Waals surface area contributed by atoms with Crippen LogP contribution in [0.25, 0.3) is 0 Å². The van der Waals surface area contributed by atoms with Gasteiger partial charge in [0.25, 0.3) is 5.91 Å². The maximum absolute atomic E-state index is 12.4. The predicted octanol–water partition coefficient (Wildman–Crippen LogP) is -0.187. The van der Waals surface area contributed by atoms with Crippen LogP contribution in [0.15, 0.2) is 0 Å². The molecule has 0 aromatic carbocycles. The predicted molar refractivity (Wildman–Crippen MR) is 82.2 cm³/mol. The minimum absolute atomic E-state index is 0.0118. The third kappa shape index (κ3) is 3.79. The highest BCUT2D eigenvalue weighted by Crippen LogP contribution is 2.29. The normalized spacial score (nSPS) is 20.4. The van der Waals surface area contributed by atoms with Crippen LogP contribution in [-0.4, -0.2) is 65.9 Å². The van der Waals surface area contributed by atoms with Crippen LogP contribution in [0.2, 0.25) is 0 Å². The molecule has 1 spiro atoms. The zero-order chi connectivity index (χ0) is 16.9. The molecular weight excluding hydrogens is 298 g/mol. The summed E-state index contributed by atoms with van der Waals surface area (Å²) in [7, 11) is 0. The van der Waals surface area contributed by atoms with E-state index in [2.05, 4.69) is 17.6 Å². The zero-order valence-corrected chi connectivity index (χ0v) is 13.4. The van der Waals surface area contributed by atoms with Crippen LogP contribution < -0.4 is 10.6 Å². The van der Waals surface area contributed by atoms with E-state index in [0.717, 1.165) is 17.7 Å². The van der Waals surface area contributed by atoms with Crippen molar-refractivity contribution >= 4 is 17.8 Å². The molecule has 23 heavy (non-hydrogen) atoms. The molecule has 126 valence electrons. The Morgan fingerprint density at radius 3 is 2.70 bits per heavy atom. The molecule has 2 rings (SSSR count). The van der Waals surface area contributed by atoms with E-state index >= 15 is 0 Å². The number of hydrogen-bond acceptors (Lipinski definition) is 5. The molecule has 0 unspecified atom stereocenters. The number of amides is 4. The third-order valence-electron chi connectivity index (χ3n) is 4.40. The summed E-state index contributed by atoms with van der Waals surface area (Å²) >= 11 is 0. The summed E-state index contributed by atoms with van der Waals surface area (Å²) < 4.78 is 0. The smallest absolute Gasteiger partial charge is 0.325 e. The molecule has 0 saturated carbocycles. The number of carbonyl (C=O) groups excluding carboxylic acids is 3. The van der Waals surface area contributed by atoms with Gasteiger partial charge in [0.1, 0.15) is 12.1 Å². The molecule has 2 heterocycles. The molecule has 0 radical (unpaired) electrons. The van der Waals surface area contributed by atoms with Gasteiger partial charge >= 0.3 is 6.03 Å². The van der Waals surface area contributed by atoms with Crippen molar-refractivity contribution in [3.63, 3.8) is 0 Å². The monoisotopic (exact) mass is 321 g/mol. The lowest BCUT2D eigenvalue weighted by Gasteiger charge is -2.36. The number of nitrogens with one attached hydrogen (secondary N) is 2. The van der Waals surface area contributed by atoms with E-state index in [0.29, 0.717) is 39.0 Å². The van der Waals surface area contributed by atoms with E-state index < -0.39 is 11.6 Å². The van der Waals surface area contributed by atoms with E-state index in [4.69, 9.17) is 5.26 Å². The van der Waals surface area contributed by atoms with Gasteiger partial charge in [-0.2, -0.15) is 5.26 Å². The Kier molecular flexibility index (Phi) is 5.55. The van der Waals surface area contributed by atoms with Gasteiger partial charge in [-0.1, -0.05) is 13.3 Å². The van der Waals surface area contributed by atoms with Gasteiger partial charge in [0.2, 0.25) is 5.91 Å². The van der Waals surface area contributed by atoms with Gasteiger partial charge < -0.3 is 10.6 Å². The van der Waals surface area contributed by atoms with Crippen molar-refractivity contribution in [2.75, 3.05) is 32.7 Å². The second-order valence-electron chi connectivity index (χ2n) is 6.04. The van der Waals surface area contributed by atoms with Gasteiger partial charge in [-0.3, -0.25) is 14.5 Å². The maximum Gasteiger partial charge on any atom is 0.325 e. The number of piperidine rings is 1. The van der Waals surface area contributed by atoms with Gasteiger partial charge in [-0.15, -0.1) is 0 Å². The van der Waals surface area contributed by atoms with Crippen molar-refractivity contribution in [3.05, 3.63) is 0 Å². The largest absolute Gasteiger partial charge is 0.355 e. The number of urea groups is 1. The van der Waals surface area contributed by atoms with Crippen LogP contribution in [-0.2, 0) is 9.59 Å². The van der Waals surface area contributed by atoms with Crippen LogP contribution in [0.3, 0.4) is 0 Å². The average Bonchev–Trinajstić information content (AvgIpc) is 2.75. The van der Waals surface area contributed by atoms with Crippen molar-refractivity contribution in [2.45, 2.75) is 38.1 Å². The maximum atomic E-state index is 12.4. The average molecular weight is 321 g/mol. The van der Waals surface area contributed by atoms with Crippen LogP contribution >= 0.6 is 0 Å². The topological polar surface area (TPSA) is 106 Å². The second kappa shape index (κ2) is 7.42. The standard InChI is InChI=1S/C15H23N5O3/c1-2-3-7-17-12(21)11-19-8-4-15(5-9-19)13(22)20(10-6-16)14(23)18-15/h2-5,7-11H2,1H3,(H,17,21)(H,18,23). The SMILES string of the molecule is CCCCNC(=O)CN1CCC2(CC1)NC(=O)N(CC#N)C2=O. The summed E-state index contributed by atoms with van der Waals surface area (Å²) in [5, 5.41) is 14.3. The second-order valence-corrected chi connectivity index (χ2v) is 6.04. The van der Waals surface area contributed by atoms with Crippen molar-refractivity contribution < 1.29 is 14.4 Å². The fourth-order valence-electron chi connectivity index (χ4n) is 2.99. The molecule has 0 aromatic rings. The lowest BCUT2D eigenvalue weighted by Crippen LogP contribution is -2.56. The van der Waals surface area contributed by atoms with Crippen LogP contribution in [0.4, 0.5) is 4.79 Å². The molecule has 8 nitrogen and oxygen atoms in total. The first-order valence-corrected chi connectivity index (χ1v) is 8.02. The molecule has 2 aliphatic heterocycles. The summed E-state index contributed by atoms with van der Waals surface area (Å²) in [5.41, 5.74) is -0.900. The zero-order valence-electron chi connectivity index (χ0n) is 13.4. The molecule has 2 saturated heterocycles. The summed E-state index contributed by atoms with van der Waals surface area (Å²) in [4.78, 5) is 39.0. The Hall–Kier alpha value is -2.14. The highest BCUT2D eigenvalue weighted by atomic mass is 16.2. The first-order chi connectivity index (χ1) is 11.0. The summed E-state index contributed by atoms with van der Waals surface area (Å²) in [6.07, 6.45) is 2.92. The van der Waals surface area contributed by atoms with E-state index in [1.165, 1.54) is 0 Å². The molecule has 2 aliphatic rings. The molecule has 0 aliphatic carbocycles. The Balaban J connectivity index is 1.84. The van der Waals surface area contributed by atoms with E-state index in [9.17, 15) is 14.4 Å². The van der Waals surface area contributed by atoms with E-state index in [1.807, 2.05) is 11.0 Å². The van der Waals surface area contributed by atoms with Crippen LogP contribution in [0, 0.1) is 11.3 Å². The highest BCUT2D eigenvalue weighted by Gasteiger charge is 2.52. The molecule has 4 amide bonds. The molecule has 8 heteroatoms. The molecular formula is C15H23N5O3. The third-order valence-corrected chi connectivity index (χ3v) is 4.40. The molecule has 0 atom stereocenters. The molecule has 0 aromatic heterocycles. The summed E-state index contributed by atoms with van der Waals surface area (Å²) in [6.45, 7) is 3.96. The van der Waals surface area contributed by atoms with Crippen molar-refractivity contribution in [3.8, 4) is 6.07 Å². The fraction of sp³-hybridized carbons (Fsp3) is 0.733. The number of hydrogen-bond donors (Lipinski definition) is 2. The van der Waals surface area contributed by atoms with Gasteiger partial charge in [-0.25, -0.2) is 9.69 Å². The Labute approximate surface area is 135 Å². The number of imide groups is 1. The number of carbonyl (C=O) groups is 3. The number of nitrogens with zero attached hydrogens (tertiary/aromatic N) is 3. The minimum atomic E-state index is -0.900. The van der Waals surface area contributed by atoms with Gasteiger partial charge in [0, 0.05) is 19.6 Å². The number of rotatable bonds is 6. The van der Waals surface area contributed by atoms with Gasteiger partial charge in [0.05, 0.1) is 12.6 Å². The van der Waals surface area contributed by atoms with E-state index in [-0.39, 0.29) is 18.4 Å². The highest BCUT2D eigenvalue weighted by molar-refractivity contribution is 6.07. The van der Waals surface area contributed by atoms with Crippen LogP contribution in [0.1, 0.15) is 32.6 Å². The van der Waals surface area contributed by atoms with E-state index in [1.54, 1.807) is 0 Å². The Bertz CT molecular complexity index is 520.